The average molecular weight is 265 g/mol. The van der Waals surface area contributed by atoms with Crippen molar-refractivity contribution in [2.45, 2.75) is 33.3 Å². The molecular formula is C15H23NO3. The number of rotatable bonds is 7. The SMILES string of the molecule is COc1ccc(OC(C)C(=O)NCCC(C)C)cc1. The molecule has 19 heavy (non-hydrogen) atoms. The highest BCUT2D eigenvalue weighted by atomic mass is 16.5. The van der Waals surface area contributed by atoms with Gasteiger partial charge in [-0.2, -0.15) is 0 Å². The van der Waals surface area contributed by atoms with Crippen molar-refractivity contribution >= 4 is 5.91 Å². The molecule has 1 atom stereocenters. The number of benzene rings is 1. The minimum atomic E-state index is -0.499. The standard InChI is InChI=1S/C15H23NO3/c1-11(2)9-10-16-15(17)12(3)19-14-7-5-13(18-4)6-8-14/h5-8,11-12H,9-10H2,1-4H3,(H,16,17). The van der Waals surface area contributed by atoms with Gasteiger partial charge in [0.15, 0.2) is 6.10 Å². The third kappa shape index (κ3) is 5.64. The van der Waals surface area contributed by atoms with Gasteiger partial charge in [-0.15, -0.1) is 0 Å². The summed E-state index contributed by atoms with van der Waals surface area (Å²) < 4.78 is 10.6. The van der Waals surface area contributed by atoms with Crippen LogP contribution in [0.2, 0.25) is 0 Å². The van der Waals surface area contributed by atoms with Crippen LogP contribution in [0.15, 0.2) is 24.3 Å². The van der Waals surface area contributed by atoms with Crippen molar-refractivity contribution < 1.29 is 14.3 Å². The molecule has 4 nitrogen and oxygen atoms in total. The molecule has 0 aliphatic rings. The van der Waals surface area contributed by atoms with Crippen LogP contribution in [-0.2, 0) is 4.79 Å². The van der Waals surface area contributed by atoms with Gasteiger partial charge >= 0.3 is 0 Å². The molecule has 1 N–H and O–H groups in total. The maximum atomic E-state index is 11.8. The highest BCUT2D eigenvalue weighted by Crippen LogP contribution is 2.18. The summed E-state index contributed by atoms with van der Waals surface area (Å²) in [5.41, 5.74) is 0. The Bertz CT molecular complexity index is 387. The van der Waals surface area contributed by atoms with Gasteiger partial charge in [-0.3, -0.25) is 4.79 Å². The Labute approximate surface area is 115 Å². The van der Waals surface area contributed by atoms with Crippen LogP contribution in [0.3, 0.4) is 0 Å². The minimum absolute atomic E-state index is 0.0866. The summed E-state index contributed by atoms with van der Waals surface area (Å²) in [6.45, 7) is 6.69. The molecule has 0 fully saturated rings. The van der Waals surface area contributed by atoms with Crippen LogP contribution in [0, 0.1) is 5.92 Å². The van der Waals surface area contributed by atoms with Crippen molar-refractivity contribution in [2.24, 2.45) is 5.92 Å². The number of ether oxygens (including phenoxy) is 2. The third-order valence-corrected chi connectivity index (χ3v) is 2.76. The van der Waals surface area contributed by atoms with Crippen molar-refractivity contribution in [2.75, 3.05) is 13.7 Å². The minimum Gasteiger partial charge on any atom is -0.497 e. The van der Waals surface area contributed by atoms with E-state index in [1.807, 2.05) is 0 Å². The van der Waals surface area contributed by atoms with Gasteiger partial charge in [0.25, 0.3) is 5.91 Å². The molecular weight excluding hydrogens is 242 g/mol. The molecule has 0 bridgehead atoms. The van der Waals surface area contributed by atoms with Crippen LogP contribution in [0.1, 0.15) is 27.2 Å². The Kier molecular flexibility index (Phi) is 6.19. The zero-order valence-corrected chi connectivity index (χ0v) is 12.1. The summed E-state index contributed by atoms with van der Waals surface area (Å²) in [6, 6.07) is 7.19. The molecule has 0 saturated heterocycles. The van der Waals surface area contributed by atoms with E-state index >= 15 is 0 Å². The number of carbonyl (C=O) groups is 1. The average Bonchev–Trinajstić information content (AvgIpc) is 2.39. The van der Waals surface area contributed by atoms with Crippen molar-refractivity contribution in [3.63, 3.8) is 0 Å². The normalized spacial score (nSPS) is 12.1. The van der Waals surface area contributed by atoms with Crippen LogP contribution in [0.25, 0.3) is 0 Å². The number of hydrogen-bond acceptors (Lipinski definition) is 3. The van der Waals surface area contributed by atoms with Crippen LogP contribution in [0.4, 0.5) is 0 Å². The molecule has 106 valence electrons. The maximum Gasteiger partial charge on any atom is 0.260 e. The Morgan fingerprint density at radius 2 is 1.74 bits per heavy atom. The van der Waals surface area contributed by atoms with E-state index in [0.29, 0.717) is 18.2 Å². The Balaban J connectivity index is 2.40. The predicted molar refractivity (Wildman–Crippen MR) is 75.5 cm³/mol. The monoisotopic (exact) mass is 265 g/mol. The maximum absolute atomic E-state index is 11.8. The molecule has 0 spiro atoms. The van der Waals surface area contributed by atoms with Gasteiger partial charge in [-0.25, -0.2) is 0 Å². The molecule has 0 heterocycles. The fourth-order valence-electron chi connectivity index (χ4n) is 1.54. The highest BCUT2D eigenvalue weighted by Gasteiger charge is 2.14. The van der Waals surface area contributed by atoms with Gasteiger partial charge in [-0.1, -0.05) is 13.8 Å². The largest absolute Gasteiger partial charge is 0.497 e. The van der Waals surface area contributed by atoms with Gasteiger partial charge in [0.05, 0.1) is 7.11 Å². The topological polar surface area (TPSA) is 47.6 Å². The lowest BCUT2D eigenvalue weighted by Crippen LogP contribution is -2.37. The lowest BCUT2D eigenvalue weighted by molar-refractivity contribution is -0.127. The fourth-order valence-corrected chi connectivity index (χ4v) is 1.54. The lowest BCUT2D eigenvalue weighted by atomic mass is 10.1. The van der Waals surface area contributed by atoms with Crippen molar-refractivity contribution in [3.8, 4) is 11.5 Å². The highest BCUT2D eigenvalue weighted by molar-refractivity contribution is 5.80. The first-order valence-electron chi connectivity index (χ1n) is 6.61. The number of methoxy groups -OCH3 is 1. The fraction of sp³-hybridized carbons (Fsp3) is 0.533. The Morgan fingerprint density at radius 3 is 2.26 bits per heavy atom. The van der Waals surface area contributed by atoms with Gasteiger partial charge in [0, 0.05) is 6.54 Å². The molecule has 0 aliphatic carbocycles. The van der Waals surface area contributed by atoms with E-state index in [0.717, 1.165) is 12.2 Å². The van der Waals surface area contributed by atoms with E-state index < -0.39 is 6.10 Å². The smallest absolute Gasteiger partial charge is 0.260 e. The molecule has 1 unspecified atom stereocenters. The Hall–Kier alpha value is -1.71. The van der Waals surface area contributed by atoms with Gasteiger partial charge in [0.2, 0.25) is 0 Å². The van der Waals surface area contributed by atoms with E-state index in [4.69, 9.17) is 9.47 Å². The second-order valence-corrected chi connectivity index (χ2v) is 4.91. The molecule has 1 rings (SSSR count). The number of amides is 1. The molecule has 0 radical (unpaired) electrons. The van der Waals surface area contributed by atoms with Crippen molar-refractivity contribution in [1.29, 1.82) is 0 Å². The first kappa shape index (κ1) is 15.3. The van der Waals surface area contributed by atoms with E-state index in [2.05, 4.69) is 19.2 Å². The summed E-state index contributed by atoms with van der Waals surface area (Å²) in [7, 11) is 1.61. The van der Waals surface area contributed by atoms with E-state index in [1.54, 1.807) is 38.3 Å². The number of carbonyl (C=O) groups excluding carboxylic acids is 1. The molecule has 0 aliphatic heterocycles. The van der Waals surface area contributed by atoms with Crippen LogP contribution < -0.4 is 14.8 Å². The zero-order chi connectivity index (χ0) is 14.3. The van der Waals surface area contributed by atoms with Crippen molar-refractivity contribution in [3.05, 3.63) is 24.3 Å². The quantitative estimate of drug-likeness (QED) is 0.824. The number of hydrogen-bond donors (Lipinski definition) is 1. The molecule has 1 amide bonds. The molecule has 1 aromatic rings. The summed E-state index contributed by atoms with van der Waals surface area (Å²) in [5, 5.41) is 2.87. The van der Waals surface area contributed by atoms with E-state index in [-0.39, 0.29) is 5.91 Å². The van der Waals surface area contributed by atoms with Gasteiger partial charge in [-0.05, 0) is 43.5 Å². The van der Waals surface area contributed by atoms with E-state index in [9.17, 15) is 4.79 Å². The molecule has 4 heteroatoms. The zero-order valence-electron chi connectivity index (χ0n) is 12.1. The van der Waals surface area contributed by atoms with Gasteiger partial charge in [0.1, 0.15) is 11.5 Å². The first-order valence-corrected chi connectivity index (χ1v) is 6.61. The van der Waals surface area contributed by atoms with Gasteiger partial charge < -0.3 is 14.8 Å². The van der Waals surface area contributed by atoms with Crippen molar-refractivity contribution in [1.82, 2.24) is 5.32 Å². The molecule has 0 aromatic heterocycles. The third-order valence-electron chi connectivity index (χ3n) is 2.76. The molecule has 0 saturated carbocycles. The van der Waals surface area contributed by atoms with Crippen LogP contribution >= 0.6 is 0 Å². The first-order chi connectivity index (χ1) is 9.02. The Morgan fingerprint density at radius 1 is 1.16 bits per heavy atom. The second-order valence-electron chi connectivity index (χ2n) is 4.91. The summed E-state index contributed by atoms with van der Waals surface area (Å²) in [6.07, 6.45) is 0.474. The number of nitrogens with one attached hydrogen (secondary N) is 1. The van der Waals surface area contributed by atoms with E-state index in [1.165, 1.54) is 0 Å². The van der Waals surface area contributed by atoms with Crippen LogP contribution in [-0.4, -0.2) is 25.7 Å². The second kappa shape index (κ2) is 7.67. The summed E-state index contributed by atoms with van der Waals surface area (Å²) >= 11 is 0. The lowest BCUT2D eigenvalue weighted by Gasteiger charge is -2.15. The van der Waals surface area contributed by atoms with Crippen LogP contribution in [0.5, 0.6) is 11.5 Å². The summed E-state index contributed by atoms with van der Waals surface area (Å²) in [5.74, 6) is 1.92. The summed E-state index contributed by atoms with van der Waals surface area (Å²) in [4.78, 5) is 11.8. The molecule has 1 aromatic carbocycles. The predicted octanol–water partition coefficient (Wildman–Crippen LogP) is 2.62.